The third-order valence-corrected chi connectivity index (χ3v) is 1.72. The molecule has 0 aliphatic carbocycles. The molecule has 1 N–H and O–H groups in total. The van der Waals surface area contributed by atoms with Crippen molar-refractivity contribution >= 4 is 6.09 Å². The van der Waals surface area contributed by atoms with Crippen LogP contribution in [0.5, 0.6) is 0 Å². The summed E-state index contributed by atoms with van der Waals surface area (Å²) in [6.07, 6.45) is 5.57. The van der Waals surface area contributed by atoms with E-state index in [-0.39, 0.29) is 0 Å². The molecule has 0 aromatic carbocycles. The van der Waals surface area contributed by atoms with E-state index in [2.05, 4.69) is 0 Å². The Kier molecular flexibility index (Phi) is 1.40. The molecule has 0 bridgehead atoms. The van der Waals surface area contributed by atoms with Gasteiger partial charge in [-0.25, -0.2) is 4.79 Å². The fourth-order valence-electron chi connectivity index (χ4n) is 1.12. The number of carboxylic acid groups (broad SMARTS) is 1. The summed E-state index contributed by atoms with van der Waals surface area (Å²) in [4.78, 5) is 11.6. The highest BCUT2D eigenvalue weighted by molar-refractivity contribution is 5.69. The average molecular weight is 165 g/mol. The molecule has 0 spiro atoms. The molecular formula is C8H7NO3. The zero-order valence-corrected chi connectivity index (χ0v) is 6.23. The van der Waals surface area contributed by atoms with Gasteiger partial charge in [0, 0.05) is 11.8 Å². The van der Waals surface area contributed by atoms with Crippen molar-refractivity contribution in [2.45, 2.75) is 0 Å². The minimum atomic E-state index is -1.01. The average Bonchev–Trinajstić information content (AvgIpc) is 2.49. The Hall–Kier alpha value is -1.71. The van der Waals surface area contributed by atoms with Gasteiger partial charge in [0.15, 0.2) is 0 Å². The molecule has 0 atom stereocenters. The summed E-state index contributed by atoms with van der Waals surface area (Å²) in [6.45, 7) is 0.527. The van der Waals surface area contributed by atoms with Crippen LogP contribution in [0.15, 0.2) is 35.9 Å². The number of hydrogen-bond donors (Lipinski definition) is 1. The van der Waals surface area contributed by atoms with Crippen LogP contribution in [-0.4, -0.2) is 22.7 Å². The SMILES string of the molecule is O=C(O)N1C=CC2=CCOC2=C1. The van der Waals surface area contributed by atoms with E-state index in [4.69, 9.17) is 9.84 Å². The van der Waals surface area contributed by atoms with Crippen LogP contribution < -0.4 is 0 Å². The Balaban J connectivity index is 2.28. The largest absolute Gasteiger partial charge is 0.487 e. The summed E-state index contributed by atoms with van der Waals surface area (Å²) in [5.74, 6) is 0.625. The monoisotopic (exact) mass is 165 g/mol. The number of ether oxygens (including phenoxy) is 1. The lowest BCUT2D eigenvalue weighted by Gasteiger charge is -2.14. The van der Waals surface area contributed by atoms with Gasteiger partial charge in [0.1, 0.15) is 12.4 Å². The minimum Gasteiger partial charge on any atom is -0.487 e. The van der Waals surface area contributed by atoms with Gasteiger partial charge in [0.05, 0.1) is 6.20 Å². The molecule has 12 heavy (non-hydrogen) atoms. The van der Waals surface area contributed by atoms with Crippen molar-refractivity contribution in [3.63, 3.8) is 0 Å². The smallest absolute Gasteiger partial charge is 0.415 e. The van der Waals surface area contributed by atoms with E-state index >= 15 is 0 Å². The number of carbonyl (C=O) groups is 1. The maximum Gasteiger partial charge on any atom is 0.415 e. The number of fused-ring (bicyclic) bond motifs is 1. The molecule has 0 radical (unpaired) electrons. The molecule has 62 valence electrons. The first-order chi connectivity index (χ1) is 5.77. The van der Waals surface area contributed by atoms with E-state index in [0.717, 1.165) is 10.5 Å². The summed E-state index contributed by atoms with van der Waals surface area (Å²) in [5, 5.41) is 8.61. The van der Waals surface area contributed by atoms with Crippen molar-refractivity contribution in [1.82, 2.24) is 4.90 Å². The highest BCUT2D eigenvalue weighted by atomic mass is 16.5. The summed E-state index contributed by atoms with van der Waals surface area (Å²) < 4.78 is 5.15. The Morgan fingerprint density at radius 1 is 1.67 bits per heavy atom. The van der Waals surface area contributed by atoms with Crippen LogP contribution in [0.4, 0.5) is 4.79 Å². The summed E-state index contributed by atoms with van der Waals surface area (Å²) >= 11 is 0. The topological polar surface area (TPSA) is 49.8 Å². The molecule has 4 nitrogen and oxygen atoms in total. The molecule has 1 amide bonds. The van der Waals surface area contributed by atoms with Crippen LogP contribution in [0.1, 0.15) is 0 Å². The molecular weight excluding hydrogens is 158 g/mol. The fraction of sp³-hybridized carbons (Fsp3) is 0.125. The van der Waals surface area contributed by atoms with E-state index in [1.54, 1.807) is 6.08 Å². The highest BCUT2D eigenvalue weighted by Crippen LogP contribution is 2.24. The van der Waals surface area contributed by atoms with Crippen molar-refractivity contribution in [1.29, 1.82) is 0 Å². The van der Waals surface area contributed by atoms with Gasteiger partial charge >= 0.3 is 6.09 Å². The molecule has 2 aliphatic heterocycles. The van der Waals surface area contributed by atoms with Gasteiger partial charge in [0.2, 0.25) is 0 Å². The van der Waals surface area contributed by atoms with Crippen LogP contribution in [0.25, 0.3) is 0 Å². The van der Waals surface area contributed by atoms with Crippen LogP contribution >= 0.6 is 0 Å². The fourth-order valence-corrected chi connectivity index (χ4v) is 1.12. The molecule has 0 fully saturated rings. The van der Waals surface area contributed by atoms with Crippen LogP contribution in [0.3, 0.4) is 0 Å². The van der Waals surface area contributed by atoms with E-state index in [0.29, 0.717) is 12.4 Å². The molecule has 2 aliphatic rings. The first-order valence-electron chi connectivity index (χ1n) is 3.52. The van der Waals surface area contributed by atoms with Crippen molar-refractivity contribution in [3.8, 4) is 0 Å². The standard InChI is InChI=1S/C8H7NO3/c10-8(11)9-3-1-6-2-4-12-7(6)5-9/h1-3,5H,4H2,(H,10,11). The Morgan fingerprint density at radius 2 is 2.50 bits per heavy atom. The number of nitrogens with zero attached hydrogens (tertiary/aromatic N) is 1. The number of amides is 1. The van der Waals surface area contributed by atoms with Crippen molar-refractivity contribution in [3.05, 3.63) is 35.9 Å². The quantitative estimate of drug-likeness (QED) is 0.588. The minimum absolute atomic E-state index is 0.527. The third-order valence-electron chi connectivity index (χ3n) is 1.72. The van der Waals surface area contributed by atoms with Gasteiger partial charge in [0.25, 0.3) is 0 Å². The second kappa shape index (κ2) is 2.41. The summed E-state index contributed by atoms with van der Waals surface area (Å²) in [6, 6.07) is 0. The number of allylic oxidation sites excluding steroid dienone is 1. The maximum atomic E-state index is 10.5. The zero-order chi connectivity index (χ0) is 8.55. The third kappa shape index (κ3) is 0.972. The van der Waals surface area contributed by atoms with Crippen LogP contribution in [0.2, 0.25) is 0 Å². The van der Waals surface area contributed by atoms with Crippen LogP contribution in [-0.2, 0) is 4.74 Å². The van der Waals surface area contributed by atoms with Crippen molar-refractivity contribution in [2.24, 2.45) is 0 Å². The molecule has 4 heteroatoms. The van der Waals surface area contributed by atoms with Gasteiger partial charge in [-0.15, -0.1) is 0 Å². The number of hydrogen-bond acceptors (Lipinski definition) is 2. The van der Waals surface area contributed by atoms with Gasteiger partial charge in [-0.2, -0.15) is 0 Å². The molecule has 2 heterocycles. The van der Waals surface area contributed by atoms with Gasteiger partial charge < -0.3 is 9.84 Å². The van der Waals surface area contributed by atoms with Crippen molar-refractivity contribution in [2.75, 3.05) is 6.61 Å². The van der Waals surface area contributed by atoms with Crippen molar-refractivity contribution < 1.29 is 14.6 Å². The highest BCUT2D eigenvalue weighted by Gasteiger charge is 2.18. The Morgan fingerprint density at radius 3 is 3.25 bits per heavy atom. The Labute approximate surface area is 69.0 Å². The second-order valence-electron chi connectivity index (χ2n) is 2.47. The maximum absolute atomic E-state index is 10.5. The molecule has 0 aromatic heterocycles. The molecule has 0 saturated carbocycles. The van der Waals surface area contributed by atoms with E-state index in [1.807, 2.05) is 6.08 Å². The van der Waals surface area contributed by atoms with Gasteiger partial charge in [-0.05, 0) is 12.2 Å². The predicted octanol–water partition coefficient (Wildman–Crippen LogP) is 1.29. The normalized spacial score (nSPS) is 19.5. The Bertz CT molecular complexity index is 314. The lowest BCUT2D eigenvalue weighted by Crippen LogP contribution is -2.20. The van der Waals surface area contributed by atoms with E-state index in [9.17, 15) is 4.79 Å². The van der Waals surface area contributed by atoms with Gasteiger partial charge in [-0.3, -0.25) is 4.90 Å². The molecule has 0 unspecified atom stereocenters. The van der Waals surface area contributed by atoms with E-state index < -0.39 is 6.09 Å². The van der Waals surface area contributed by atoms with Gasteiger partial charge in [-0.1, -0.05) is 0 Å². The predicted molar refractivity (Wildman–Crippen MR) is 41.1 cm³/mol. The lowest BCUT2D eigenvalue weighted by molar-refractivity contribution is 0.172. The summed E-state index contributed by atoms with van der Waals surface area (Å²) in [7, 11) is 0. The lowest BCUT2D eigenvalue weighted by atomic mass is 10.2. The first-order valence-corrected chi connectivity index (χ1v) is 3.52. The molecule has 2 rings (SSSR count). The second-order valence-corrected chi connectivity index (χ2v) is 2.47. The summed E-state index contributed by atoms with van der Waals surface area (Å²) in [5.41, 5.74) is 0.951. The molecule has 0 aromatic rings. The number of rotatable bonds is 0. The van der Waals surface area contributed by atoms with Crippen LogP contribution in [0, 0.1) is 0 Å². The molecule has 0 saturated heterocycles. The zero-order valence-electron chi connectivity index (χ0n) is 6.23. The van der Waals surface area contributed by atoms with E-state index in [1.165, 1.54) is 12.4 Å². The first kappa shape index (κ1) is 6.97.